The third-order valence-corrected chi connectivity index (χ3v) is 7.67. The van der Waals surface area contributed by atoms with Gasteiger partial charge in [0.2, 0.25) is 5.91 Å². The molecule has 0 radical (unpaired) electrons. The smallest absolute Gasteiger partial charge is 0.371 e. The van der Waals surface area contributed by atoms with E-state index in [4.69, 9.17) is 4.74 Å². The fraction of sp³-hybridized carbons (Fsp3) is 0.448. The number of aromatic amines is 1. The second-order valence-corrected chi connectivity index (χ2v) is 10.4. The first-order valence-corrected chi connectivity index (χ1v) is 13.5. The summed E-state index contributed by atoms with van der Waals surface area (Å²) >= 11 is 0. The molecule has 2 aliphatic rings. The van der Waals surface area contributed by atoms with Gasteiger partial charge in [0, 0.05) is 37.9 Å². The number of para-hydroxylation sites is 1. The average Bonchev–Trinajstić information content (AvgIpc) is 3.41. The minimum absolute atomic E-state index is 0.173. The van der Waals surface area contributed by atoms with Crippen LogP contribution in [0.25, 0.3) is 11.0 Å². The molecule has 2 aliphatic heterocycles. The topological polar surface area (TPSA) is 73.5 Å². The van der Waals surface area contributed by atoms with Gasteiger partial charge in [0.05, 0.1) is 36.3 Å². The number of H-pyrrole nitrogens is 1. The summed E-state index contributed by atoms with van der Waals surface area (Å²) in [7, 11) is 0. The Balaban J connectivity index is 1.22. The summed E-state index contributed by atoms with van der Waals surface area (Å²) in [5.74, 6) is -0.416. The predicted molar refractivity (Wildman–Crippen MR) is 144 cm³/mol. The van der Waals surface area contributed by atoms with Gasteiger partial charge < -0.3 is 19.9 Å². The molecule has 0 bridgehead atoms. The molecule has 0 saturated carbocycles. The average molecular weight is 560 g/mol. The summed E-state index contributed by atoms with van der Waals surface area (Å²) in [6.07, 6.45) is -0.385. The molecule has 2 fully saturated rings. The van der Waals surface area contributed by atoms with E-state index in [0.717, 1.165) is 44.1 Å². The maximum Gasteiger partial charge on any atom is 0.418 e. The van der Waals surface area contributed by atoms with Gasteiger partial charge in [0.25, 0.3) is 0 Å². The molecular weight excluding hydrogens is 526 g/mol. The van der Waals surface area contributed by atoms with Crippen LogP contribution in [0.2, 0.25) is 0 Å². The van der Waals surface area contributed by atoms with E-state index in [-0.39, 0.29) is 47.1 Å². The van der Waals surface area contributed by atoms with E-state index in [1.165, 1.54) is 24.3 Å². The highest BCUT2D eigenvalue weighted by Crippen LogP contribution is 2.34. The van der Waals surface area contributed by atoms with Crippen LogP contribution < -0.4 is 10.2 Å². The standard InChI is InChI=1S/C29H33F4N5O2/c1-2-15-40-25-18-38(20-5-4-13-37(14-12-20)21-10-8-19(30)9-11-21)17-24(25)35-27(39)16-26-34-23-7-3-6-22(28(23)36-26)29(31,32)33/h2-3,6-11,20,24-25H,1,4-5,12-18H2,(H,34,36)(H,35,39)/t20?,24?,25-/m0/s1. The zero-order chi connectivity index (χ0) is 28.3. The lowest BCUT2D eigenvalue weighted by atomic mass is 10.1. The number of rotatable bonds is 8. The van der Waals surface area contributed by atoms with Crippen molar-refractivity contribution in [2.75, 3.05) is 37.7 Å². The zero-order valence-electron chi connectivity index (χ0n) is 22.1. The largest absolute Gasteiger partial charge is 0.418 e. The number of aromatic nitrogens is 2. The van der Waals surface area contributed by atoms with Crippen molar-refractivity contribution in [3.05, 3.63) is 72.3 Å². The minimum Gasteiger partial charge on any atom is -0.371 e. The van der Waals surface area contributed by atoms with Crippen LogP contribution in [0, 0.1) is 5.82 Å². The van der Waals surface area contributed by atoms with Crippen LogP contribution in [0.3, 0.4) is 0 Å². The molecule has 2 N–H and O–H groups in total. The zero-order valence-corrected chi connectivity index (χ0v) is 22.1. The van der Waals surface area contributed by atoms with E-state index < -0.39 is 11.7 Å². The van der Waals surface area contributed by atoms with Crippen LogP contribution in [-0.4, -0.2) is 71.7 Å². The maximum atomic E-state index is 13.4. The van der Waals surface area contributed by atoms with Crippen molar-refractivity contribution in [2.45, 2.75) is 50.0 Å². The van der Waals surface area contributed by atoms with Crippen LogP contribution in [0.4, 0.5) is 23.2 Å². The number of halogens is 4. The summed E-state index contributed by atoms with van der Waals surface area (Å²) < 4.78 is 59.5. The Hall–Kier alpha value is -3.44. The van der Waals surface area contributed by atoms with Gasteiger partial charge in [-0.05, 0) is 55.7 Å². The summed E-state index contributed by atoms with van der Waals surface area (Å²) in [6.45, 7) is 7.06. The number of hydrogen-bond donors (Lipinski definition) is 2. The summed E-state index contributed by atoms with van der Waals surface area (Å²) in [5.41, 5.74) is 0.215. The molecule has 3 aromatic rings. The molecule has 2 saturated heterocycles. The van der Waals surface area contributed by atoms with Crippen molar-refractivity contribution >= 4 is 22.6 Å². The van der Waals surface area contributed by atoms with E-state index in [0.29, 0.717) is 25.7 Å². The van der Waals surface area contributed by atoms with Gasteiger partial charge in [-0.25, -0.2) is 9.37 Å². The van der Waals surface area contributed by atoms with Gasteiger partial charge in [-0.3, -0.25) is 9.69 Å². The third-order valence-electron chi connectivity index (χ3n) is 7.67. The number of nitrogens with zero attached hydrogens (tertiary/aromatic N) is 3. The number of ether oxygens (including phenoxy) is 1. The van der Waals surface area contributed by atoms with Gasteiger partial charge in [0.1, 0.15) is 17.2 Å². The second kappa shape index (κ2) is 12.0. The number of carbonyl (C=O) groups is 1. The fourth-order valence-electron chi connectivity index (χ4n) is 5.76. The van der Waals surface area contributed by atoms with Crippen LogP contribution in [0.1, 0.15) is 30.7 Å². The fourth-order valence-corrected chi connectivity index (χ4v) is 5.76. The van der Waals surface area contributed by atoms with E-state index in [9.17, 15) is 22.4 Å². The maximum absolute atomic E-state index is 13.4. The molecule has 0 aliphatic carbocycles. The highest BCUT2D eigenvalue weighted by Gasteiger charge is 2.38. The lowest BCUT2D eigenvalue weighted by Gasteiger charge is -2.27. The predicted octanol–water partition coefficient (Wildman–Crippen LogP) is 4.69. The first-order chi connectivity index (χ1) is 19.2. The molecule has 0 spiro atoms. The van der Waals surface area contributed by atoms with Gasteiger partial charge in [-0.2, -0.15) is 13.2 Å². The molecule has 214 valence electrons. The number of anilines is 1. The summed E-state index contributed by atoms with van der Waals surface area (Å²) in [5, 5.41) is 3.03. The van der Waals surface area contributed by atoms with Gasteiger partial charge in [-0.1, -0.05) is 12.1 Å². The Bertz CT molecular complexity index is 1330. The lowest BCUT2D eigenvalue weighted by Crippen LogP contribution is -2.45. The number of amides is 1. The van der Waals surface area contributed by atoms with Crippen LogP contribution in [0.5, 0.6) is 0 Å². The van der Waals surface area contributed by atoms with Crippen LogP contribution in [-0.2, 0) is 22.1 Å². The molecule has 1 amide bonds. The van der Waals surface area contributed by atoms with Gasteiger partial charge in [-0.15, -0.1) is 6.58 Å². The molecule has 5 rings (SSSR count). The van der Waals surface area contributed by atoms with E-state index >= 15 is 0 Å². The molecule has 11 heteroatoms. The quantitative estimate of drug-likeness (QED) is 0.310. The highest BCUT2D eigenvalue weighted by atomic mass is 19.4. The molecule has 2 aromatic carbocycles. The van der Waals surface area contributed by atoms with Gasteiger partial charge >= 0.3 is 6.18 Å². The molecule has 3 atom stereocenters. The minimum atomic E-state index is -4.54. The number of fused-ring (bicyclic) bond motifs is 1. The Labute approximate surface area is 230 Å². The number of carbonyl (C=O) groups excluding carboxylic acids is 1. The molecular formula is C29H33F4N5O2. The Kier molecular flexibility index (Phi) is 8.41. The second-order valence-electron chi connectivity index (χ2n) is 10.4. The SMILES string of the molecule is C=CCO[C@H]1CN(C2CCCN(c3ccc(F)cc3)CC2)CC1NC(=O)Cc1nc2c(C(F)(F)F)cccc2[nH]1. The van der Waals surface area contributed by atoms with Crippen molar-refractivity contribution in [2.24, 2.45) is 0 Å². The summed E-state index contributed by atoms with van der Waals surface area (Å²) in [6, 6.07) is 10.4. The number of likely N-dealkylation sites (tertiary alicyclic amines) is 1. The lowest BCUT2D eigenvalue weighted by molar-refractivity contribution is -0.136. The molecule has 40 heavy (non-hydrogen) atoms. The monoisotopic (exact) mass is 559 g/mol. The first-order valence-electron chi connectivity index (χ1n) is 13.5. The van der Waals surface area contributed by atoms with Gasteiger partial charge in [0.15, 0.2) is 0 Å². The van der Waals surface area contributed by atoms with Crippen molar-refractivity contribution in [3.63, 3.8) is 0 Å². The van der Waals surface area contributed by atoms with Crippen molar-refractivity contribution in [1.29, 1.82) is 0 Å². The molecule has 7 nitrogen and oxygen atoms in total. The highest BCUT2D eigenvalue weighted by molar-refractivity contribution is 5.82. The van der Waals surface area contributed by atoms with Crippen LogP contribution >= 0.6 is 0 Å². The van der Waals surface area contributed by atoms with Crippen LogP contribution in [0.15, 0.2) is 55.1 Å². The van der Waals surface area contributed by atoms with Crippen molar-refractivity contribution in [1.82, 2.24) is 20.2 Å². The molecule has 1 aromatic heterocycles. The molecule has 2 unspecified atom stereocenters. The number of benzene rings is 2. The Morgan fingerprint density at radius 3 is 2.70 bits per heavy atom. The number of hydrogen-bond acceptors (Lipinski definition) is 5. The van der Waals surface area contributed by atoms with Crippen molar-refractivity contribution < 1.29 is 27.1 Å². The first kappa shape index (κ1) is 28.1. The van der Waals surface area contributed by atoms with E-state index in [1.807, 2.05) is 12.1 Å². The van der Waals surface area contributed by atoms with E-state index in [1.54, 1.807) is 6.08 Å². The Morgan fingerprint density at radius 1 is 1.15 bits per heavy atom. The number of imidazole rings is 1. The third kappa shape index (κ3) is 6.47. The van der Waals surface area contributed by atoms with E-state index in [2.05, 4.69) is 31.7 Å². The molecule has 3 heterocycles. The summed E-state index contributed by atoms with van der Waals surface area (Å²) in [4.78, 5) is 24.5. The normalized spacial score (nSPS) is 22.4. The number of alkyl halides is 3. The number of nitrogens with one attached hydrogen (secondary N) is 2. The Morgan fingerprint density at radius 2 is 1.95 bits per heavy atom. The van der Waals surface area contributed by atoms with Crippen molar-refractivity contribution in [3.8, 4) is 0 Å².